The van der Waals surface area contributed by atoms with Gasteiger partial charge < -0.3 is 10.6 Å². The van der Waals surface area contributed by atoms with E-state index in [-0.39, 0.29) is 23.3 Å². The van der Waals surface area contributed by atoms with E-state index < -0.39 is 15.4 Å². The molecule has 0 aliphatic carbocycles. The number of hydrogen-bond acceptors (Lipinski definition) is 5. The maximum absolute atomic E-state index is 13.3. The first kappa shape index (κ1) is 12.4. The van der Waals surface area contributed by atoms with Crippen LogP contribution in [0.15, 0.2) is 29.3 Å². The highest BCUT2D eigenvalue weighted by Gasteiger charge is 2.50. The average Bonchev–Trinajstić information content (AvgIpc) is 2.80. The van der Waals surface area contributed by atoms with Gasteiger partial charge in [-0.3, -0.25) is 4.99 Å². The van der Waals surface area contributed by atoms with Crippen LogP contribution >= 0.6 is 0 Å². The molecule has 2 N–H and O–H groups in total. The second-order valence-electron chi connectivity index (χ2n) is 5.06. The number of sulfone groups is 1. The van der Waals surface area contributed by atoms with Crippen molar-refractivity contribution in [2.75, 3.05) is 23.0 Å². The summed E-state index contributed by atoms with van der Waals surface area (Å²) in [5, 5.41) is 0. The Hall–Kier alpha value is -1.63. The van der Waals surface area contributed by atoms with Crippen molar-refractivity contribution < 1.29 is 12.8 Å². The molecule has 2 aliphatic rings. The zero-order chi connectivity index (χ0) is 13.7. The maximum Gasteiger partial charge on any atom is 0.196 e. The summed E-state index contributed by atoms with van der Waals surface area (Å²) in [6.45, 7) is 0.342. The molecule has 1 aromatic rings. The highest BCUT2D eigenvalue weighted by Crippen LogP contribution is 2.37. The average molecular weight is 283 g/mol. The van der Waals surface area contributed by atoms with Crippen LogP contribution < -0.4 is 10.6 Å². The quantitative estimate of drug-likeness (QED) is 0.815. The van der Waals surface area contributed by atoms with Crippen LogP contribution in [-0.4, -0.2) is 38.0 Å². The Kier molecular flexibility index (Phi) is 2.57. The molecule has 1 spiro atoms. The first-order chi connectivity index (χ1) is 8.92. The lowest BCUT2D eigenvalue weighted by atomic mass is 9.97. The van der Waals surface area contributed by atoms with Crippen LogP contribution in [0.25, 0.3) is 0 Å². The molecule has 2 aliphatic heterocycles. The Morgan fingerprint density at radius 3 is 2.84 bits per heavy atom. The molecule has 2 heterocycles. The van der Waals surface area contributed by atoms with Gasteiger partial charge in [0.1, 0.15) is 5.82 Å². The minimum atomic E-state index is -3.08. The van der Waals surface area contributed by atoms with Gasteiger partial charge in [0.15, 0.2) is 15.8 Å². The van der Waals surface area contributed by atoms with E-state index in [1.54, 1.807) is 17.0 Å². The van der Waals surface area contributed by atoms with E-state index in [4.69, 9.17) is 5.73 Å². The van der Waals surface area contributed by atoms with Crippen molar-refractivity contribution in [3.8, 4) is 0 Å². The van der Waals surface area contributed by atoms with Gasteiger partial charge in [0.05, 0.1) is 23.6 Å². The fraction of sp³-hybridized carbons (Fsp3) is 0.417. The zero-order valence-electron chi connectivity index (χ0n) is 10.2. The highest BCUT2D eigenvalue weighted by molar-refractivity contribution is 7.91. The lowest BCUT2D eigenvalue weighted by molar-refractivity contribution is 0.512. The van der Waals surface area contributed by atoms with Crippen LogP contribution in [0, 0.1) is 5.82 Å². The second-order valence-corrected chi connectivity index (χ2v) is 7.24. The first-order valence-corrected chi connectivity index (χ1v) is 7.80. The smallest absolute Gasteiger partial charge is 0.196 e. The lowest BCUT2D eigenvalue weighted by Crippen LogP contribution is -2.53. The number of guanidine groups is 1. The van der Waals surface area contributed by atoms with E-state index in [9.17, 15) is 12.8 Å². The number of halogens is 1. The van der Waals surface area contributed by atoms with Gasteiger partial charge in [0.2, 0.25) is 0 Å². The Labute approximate surface area is 110 Å². The van der Waals surface area contributed by atoms with Crippen molar-refractivity contribution in [3.63, 3.8) is 0 Å². The summed E-state index contributed by atoms with van der Waals surface area (Å²) in [6.07, 6.45) is 0.468. The van der Waals surface area contributed by atoms with Gasteiger partial charge in [-0.2, -0.15) is 0 Å². The molecule has 7 heteroatoms. The molecule has 1 saturated heterocycles. The number of hydrogen-bond donors (Lipinski definition) is 1. The van der Waals surface area contributed by atoms with Crippen LogP contribution in [-0.2, 0) is 9.84 Å². The van der Waals surface area contributed by atoms with E-state index in [0.29, 0.717) is 18.7 Å². The molecule has 3 rings (SSSR count). The van der Waals surface area contributed by atoms with E-state index in [2.05, 4.69) is 4.99 Å². The van der Waals surface area contributed by atoms with Gasteiger partial charge in [-0.05, 0) is 24.6 Å². The third kappa shape index (κ3) is 1.98. The standard InChI is InChI=1S/C12H14FN3O2S/c13-9-2-1-3-10(6-9)16-11(14)15-7-12(16)4-5-19(17,18)8-12/h1-3,6H,4-5,7-8H2,(H2,14,15). The molecule has 19 heavy (non-hydrogen) atoms. The normalized spacial score (nSPS) is 28.9. The summed E-state index contributed by atoms with van der Waals surface area (Å²) < 4.78 is 36.8. The number of aliphatic imine (C=N–C) groups is 1. The van der Waals surface area contributed by atoms with Crippen molar-refractivity contribution in [3.05, 3.63) is 30.1 Å². The van der Waals surface area contributed by atoms with Gasteiger partial charge in [-0.25, -0.2) is 12.8 Å². The Balaban J connectivity index is 2.05. The monoisotopic (exact) mass is 283 g/mol. The van der Waals surface area contributed by atoms with Crippen molar-refractivity contribution >= 4 is 21.5 Å². The molecule has 5 nitrogen and oxygen atoms in total. The molecule has 1 aromatic carbocycles. The summed E-state index contributed by atoms with van der Waals surface area (Å²) in [7, 11) is -3.08. The van der Waals surface area contributed by atoms with Crippen molar-refractivity contribution in [1.82, 2.24) is 0 Å². The van der Waals surface area contributed by atoms with Crippen LogP contribution in [0.1, 0.15) is 6.42 Å². The summed E-state index contributed by atoms with van der Waals surface area (Å²) in [5.41, 5.74) is 5.77. The Morgan fingerprint density at radius 1 is 1.42 bits per heavy atom. The lowest BCUT2D eigenvalue weighted by Gasteiger charge is -2.34. The van der Waals surface area contributed by atoms with Gasteiger partial charge >= 0.3 is 0 Å². The minimum absolute atomic E-state index is 0.0146. The zero-order valence-corrected chi connectivity index (χ0v) is 11.0. The van der Waals surface area contributed by atoms with Crippen molar-refractivity contribution in [2.24, 2.45) is 10.7 Å². The molecular weight excluding hydrogens is 269 g/mol. The molecule has 0 radical (unpaired) electrons. The number of benzene rings is 1. The maximum atomic E-state index is 13.3. The molecule has 0 bridgehead atoms. The summed E-state index contributed by atoms with van der Waals surface area (Å²) in [6, 6.07) is 5.97. The molecule has 0 amide bonds. The molecule has 1 atom stereocenters. The predicted molar refractivity (Wildman–Crippen MR) is 71.4 cm³/mol. The van der Waals surface area contributed by atoms with Gasteiger partial charge in [-0.1, -0.05) is 6.07 Å². The SMILES string of the molecule is NC1=NCC2(CCS(=O)(=O)C2)N1c1cccc(F)c1. The van der Waals surface area contributed by atoms with E-state index >= 15 is 0 Å². The Morgan fingerprint density at radius 2 is 2.21 bits per heavy atom. The number of nitrogens with two attached hydrogens (primary N) is 1. The van der Waals surface area contributed by atoms with E-state index in [1.807, 2.05) is 0 Å². The van der Waals surface area contributed by atoms with Crippen LogP contribution in [0.3, 0.4) is 0 Å². The van der Waals surface area contributed by atoms with Crippen LogP contribution in [0.5, 0.6) is 0 Å². The van der Waals surface area contributed by atoms with Gasteiger partial charge in [-0.15, -0.1) is 0 Å². The second kappa shape index (κ2) is 3.93. The van der Waals surface area contributed by atoms with Gasteiger partial charge in [0.25, 0.3) is 0 Å². The molecular formula is C12H14FN3O2S. The van der Waals surface area contributed by atoms with Crippen molar-refractivity contribution in [2.45, 2.75) is 12.0 Å². The van der Waals surface area contributed by atoms with Crippen molar-refractivity contribution in [1.29, 1.82) is 0 Å². The summed E-state index contributed by atoms with van der Waals surface area (Å²) in [5.74, 6) is 0.0124. The first-order valence-electron chi connectivity index (χ1n) is 5.98. The third-order valence-corrected chi connectivity index (χ3v) is 5.48. The minimum Gasteiger partial charge on any atom is -0.369 e. The molecule has 1 unspecified atom stereocenters. The molecule has 0 aromatic heterocycles. The fourth-order valence-corrected chi connectivity index (χ4v) is 4.85. The Bertz CT molecular complexity index is 659. The molecule has 0 saturated carbocycles. The summed E-state index contributed by atoms with van der Waals surface area (Å²) in [4.78, 5) is 5.83. The molecule has 1 fully saturated rings. The highest BCUT2D eigenvalue weighted by atomic mass is 32.2. The van der Waals surface area contributed by atoms with Crippen LogP contribution in [0.2, 0.25) is 0 Å². The van der Waals surface area contributed by atoms with Gasteiger partial charge in [0, 0.05) is 5.69 Å². The number of nitrogens with zero attached hydrogens (tertiary/aromatic N) is 2. The predicted octanol–water partition coefficient (Wildman–Crippen LogP) is 0.518. The number of rotatable bonds is 1. The summed E-state index contributed by atoms with van der Waals surface area (Å²) >= 11 is 0. The van der Waals surface area contributed by atoms with Crippen LogP contribution in [0.4, 0.5) is 10.1 Å². The largest absolute Gasteiger partial charge is 0.369 e. The number of anilines is 1. The van der Waals surface area contributed by atoms with E-state index in [0.717, 1.165) is 0 Å². The topological polar surface area (TPSA) is 75.8 Å². The fourth-order valence-electron chi connectivity index (χ4n) is 2.83. The third-order valence-electron chi connectivity index (χ3n) is 3.67. The molecule has 102 valence electrons. The van der Waals surface area contributed by atoms with E-state index in [1.165, 1.54) is 12.1 Å².